The first kappa shape index (κ1) is 14.1. The molecular formula is C14H21BrS. The monoisotopic (exact) mass is 300 g/mol. The minimum atomic E-state index is 0.632. The third-order valence-electron chi connectivity index (χ3n) is 2.96. The average molecular weight is 301 g/mol. The molecule has 0 aliphatic rings. The van der Waals surface area contributed by atoms with Gasteiger partial charge in [-0.15, -0.1) is 0 Å². The molecule has 0 bridgehead atoms. The van der Waals surface area contributed by atoms with Crippen molar-refractivity contribution in [2.24, 2.45) is 5.92 Å². The molecule has 0 amide bonds. The van der Waals surface area contributed by atoms with Crippen LogP contribution >= 0.6 is 27.7 Å². The summed E-state index contributed by atoms with van der Waals surface area (Å²) >= 11 is 5.71. The molecule has 0 aliphatic carbocycles. The molecule has 0 nitrogen and oxygen atoms in total. The molecule has 2 heteroatoms. The molecule has 0 heterocycles. The van der Waals surface area contributed by atoms with Crippen molar-refractivity contribution in [1.29, 1.82) is 0 Å². The molecule has 0 fully saturated rings. The number of benzene rings is 1. The minimum Gasteiger partial charge on any atom is -0.158 e. The molecule has 0 aromatic heterocycles. The van der Waals surface area contributed by atoms with Crippen molar-refractivity contribution in [1.82, 2.24) is 0 Å². The van der Waals surface area contributed by atoms with E-state index in [1.807, 2.05) is 0 Å². The van der Waals surface area contributed by atoms with Gasteiger partial charge in [0.05, 0.1) is 0 Å². The lowest BCUT2D eigenvalue weighted by Crippen LogP contribution is -2.11. The van der Waals surface area contributed by atoms with Gasteiger partial charge in [0.25, 0.3) is 0 Å². The predicted molar refractivity (Wildman–Crippen MR) is 79.7 cm³/mol. The van der Waals surface area contributed by atoms with E-state index in [0.717, 1.165) is 16.5 Å². The summed E-state index contributed by atoms with van der Waals surface area (Å²) in [6, 6.07) is 10.8. The molecule has 0 aliphatic heterocycles. The fourth-order valence-corrected chi connectivity index (χ4v) is 3.55. The SMILES string of the molecule is CC(C)C(C)SCC(CBr)c1ccccc1. The van der Waals surface area contributed by atoms with E-state index < -0.39 is 0 Å². The topological polar surface area (TPSA) is 0 Å². The highest BCUT2D eigenvalue weighted by atomic mass is 79.9. The van der Waals surface area contributed by atoms with Crippen molar-refractivity contribution in [3.63, 3.8) is 0 Å². The second-order valence-electron chi connectivity index (χ2n) is 4.54. The van der Waals surface area contributed by atoms with Gasteiger partial charge in [-0.05, 0) is 11.5 Å². The molecule has 0 saturated carbocycles. The Balaban J connectivity index is 2.50. The van der Waals surface area contributed by atoms with Crippen molar-refractivity contribution >= 4 is 27.7 Å². The predicted octanol–water partition coefficient (Wildman–Crippen LogP) is 4.94. The summed E-state index contributed by atoms with van der Waals surface area (Å²) in [6.07, 6.45) is 0. The number of hydrogen-bond donors (Lipinski definition) is 0. The van der Waals surface area contributed by atoms with Crippen LogP contribution in [0.3, 0.4) is 0 Å². The van der Waals surface area contributed by atoms with Crippen molar-refractivity contribution in [2.45, 2.75) is 31.9 Å². The molecule has 2 unspecified atom stereocenters. The first-order valence-corrected chi connectivity index (χ1v) is 8.04. The summed E-state index contributed by atoms with van der Waals surface area (Å²) < 4.78 is 0. The number of alkyl halides is 1. The van der Waals surface area contributed by atoms with Crippen LogP contribution in [-0.4, -0.2) is 16.3 Å². The van der Waals surface area contributed by atoms with Crippen molar-refractivity contribution in [3.05, 3.63) is 35.9 Å². The smallest absolute Gasteiger partial charge is 0.0108 e. The Kier molecular flexibility index (Phi) is 6.52. The lowest BCUT2D eigenvalue weighted by Gasteiger charge is -2.19. The van der Waals surface area contributed by atoms with Crippen molar-refractivity contribution in [2.75, 3.05) is 11.1 Å². The molecule has 1 aromatic carbocycles. The Hall–Kier alpha value is 0.0500. The van der Waals surface area contributed by atoms with E-state index in [1.165, 1.54) is 11.3 Å². The molecule has 0 radical (unpaired) electrons. The first-order valence-electron chi connectivity index (χ1n) is 5.87. The third-order valence-corrected chi connectivity index (χ3v) is 5.40. The molecule has 1 rings (SSSR count). The van der Waals surface area contributed by atoms with Crippen LogP contribution in [0.2, 0.25) is 0 Å². The Morgan fingerprint density at radius 1 is 1.12 bits per heavy atom. The van der Waals surface area contributed by atoms with Crippen molar-refractivity contribution in [3.8, 4) is 0 Å². The normalized spacial score (nSPS) is 15.1. The van der Waals surface area contributed by atoms with Crippen molar-refractivity contribution < 1.29 is 0 Å². The Labute approximate surface area is 112 Å². The van der Waals surface area contributed by atoms with Gasteiger partial charge in [-0.3, -0.25) is 0 Å². The van der Waals surface area contributed by atoms with Crippen LogP contribution in [0.4, 0.5) is 0 Å². The standard InChI is InChI=1S/C14H21BrS/c1-11(2)12(3)16-10-14(9-15)13-7-5-4-6-8-13/h4-8,11-12,14H,9-10H2,1-3H3. The van der Waals surface area contributed by atoms with Gasteiger partial charge in [0.2, 0.25) is 0 Å². The van der Waals surface area contributed by atoms with E-state index in [4.69, 9.17) is 0 Å². The first-order chi connectivity index (χ1) is 7.65. The zero-order valence-corrected chi connectivity index (χ0v) is 12.7. The number of hydrogen-bond acceptors (Lipinski definition) is 1. The van der Waals surface area contributed by atoms with E-state index in [1.54, 1.807) is 0 Å². The van der Waals surface area contributed by atoms with Gasteiger partial charge < -0.3 is 0 Å². The summed E-state index contributed by atoms with van der Waals surface area (Å²) in [5.74, 6) is 2.60. The van der Waals surface area contributed by atoms with Crippen LogP contribution < -0.4 is 0 Å². The second-order valence-corrected chi connectivity index (χ2v) is 6.60. The molecule has 0 spiro atoms. The summed E-state index contributed by atoms with van der Waals surface area (Å²) in [7, 11) is 0. The highest BCUT2D eigenvalue weighted by Crippen LogP contribution is 2.27. The average Bonchev–Trinajstić information content (AvgIpc) is 2.30. The molecular weight excluding hydrogens is 280 g/mol. The lowest BCUT2D eigenvalue weighted by atomic mass is 10.0. The Morgan fingerprint density at radius 2 is 1.75 bits per heavy atom. The fourth-order valence-electron chi connectivity index (χ4n) is 1.42. The van der Waals surface area contributed by atoms with Crippen LogP contribution in [0.5, 0.6) is 0 Å². The van der Waals surface area contributed by atoms with Gasteiger partial charge >= 0.3 is 0 Å². The van der Waals surface area contributed by atoms with E-state index in [9.17, 15) is 0 Å². The van der Waals surface area contributed by atoms with Crippen LogP contribution in [0.25, 0.3) is 0 Å². The second kappa shape index (κ2) is 7.39. The fraction of sp³-hybridized carbons (Fsp3) is 0.571. The van der Waals surface area contributed by atoms with Crippen LogP contribution in [0.15, 0.2) is 30.3 Å². The number of thioether (sulfide) groups is 1. The maximum absolute atomic E-state index is 3.63. The van der Waals surface area contributed by atoms with Crippen LogP contribution in [0, 0.1) is 5.92 Å². The molecule has 0 saturated heterocycles. The van der Waals surface area contributed by atoms with E-state index >= 15 is 0 Å². The third kappa shape index (κ3) is 4.50. The Morgan fingerprint density at radius 3 is 2.25 bits per heavy atom. The molecule has 0 N–H and O–H groups in total. The largest absolute Gasteiger partial charge is 0.158 e. The summed E-state index contributed by atoms with van der Waals surface area (Å²) in [4.78, 5) is 0. The molecule has 2 atom stereocenters. The van der Waals surface area contributed by atoms with Gasteiger partial charge in [0.1, 0.15) is 0 Å². The van der Waals surface area contributed by atoms with E-state index in [0.29, 0.717) is 5.92 Å². The molecule has 90 valence electrons. The lowest BCUT2D eigenvalue weighted by molar-refractivity contribution is 0.641. The molecule has 16 heavy (non-hydrogen) atoms. The van der Waals surface area contributed by atoms with Gasteiger partial charge in [-0.1, -0.05) is 67.0 Å². The highest BCUT2D eigenvalue weighted by molar-refractivity contribution is 9.09. The van der Waals surface area contributed by atoms with Gasteiger partial charge in [-0.2, -0.15) is 11.8 Å². The summed E-state index contributed by atoms with van der Waals surface area (Å²) in [5, 5.41) is 1.79. The summed E-state index contributed by atoms with van der Waals surface area (Å²) in [5.41, 5.74) is 1.45. The van der Waals surface area contributed by atoms with Crippen LogP contribution in [-0.2, 0) is 0 Å². The maximum Gasteiger partial charge on any atom is 0.0108 e. The van der Waals surface area contributed by atoms with Gasteiger partial charge in [0.15, 0.2) is 0 Å². The Bertz CT molecular complexity index is 284. The number of rotatable bonds is 6. The molecule has 1 aromatic rings. The van der Waals surface area contributed by atoms with E-state index in [-0.39, 0.29) is 0 Å². The van der Waals surface area contributed by atoms with Gasteiger partial charge in [-0.25, -0.2) is 0 Å². The van der Waals surface area contributed by atoms with Crippen LogP contribution in [0.1, 0.15) is 32.3 Å². The van der Waals surface area contributed by atoms with E-state index in [2.05, 4.69) is 78.8 Å². The highest BCUT2D eigenvalue weighted by Gasteiger charge is 2.13. The quantitative estimate of drug-likeness (QED) is 0.670. The zero-order valence-electron chi connectivity index (χ0n) is 10.3. The summed E-state index contributed by atoms with van der Waals surface area (Å²) in [6.45, 7) is 6.91. The number of halogens is 1. The zero-order chi connectivity index (χ0) is 12.0. The maximum atomic E-state index is 3.63. The minimum absolute atomic E-state index is 0.632. The van der Waals surface area contributed by atoms with Gasteiger partial charge in [0, 0.05) is 22.3 Å².